The van der Waals surface area contributed by atoms with Gasteiger partial charge in [0.2, 0.25) is 17.5 Å². The number of hydrogen-bond donors (Lipinski definition) is 7. The third kappa shape index (κ3) is 5.07. The van der Waals surface area contributed by atoms with Crippen LogP contribution in [0.1, 0.15) is 0 Å². The Kier molecular flexibility index (Phi) is 7.85. The van der Waals surface area contributed by atoms with Crippen molar-refractivity contribution in [3.63, 3.8) is 0 Å². The number of aliphatic hydroxyl groups is 5. The van der Waals surface area contributed by atoms with Gasteiger partial charge in [-0.25, -0.2) is 0 Å². The molecule has 5 rings (SSSR count). The second-order valence-corrected chi connectivity index (χ2v) is 9.34. The Bertz CT molecular complexity index is 1400. The van der Waals surface area contributed by atoms with Gasteiger partial charge in [0.05, 0.1) is 20.3 Å². The van der Waals surface area contributed by atoms with Crippen molar-refractivity contribution in [1.82, 2.24) is 0 Å². The minimum atomic E-state index is -1.77. The molecule has 0 saturated carbocycles. The van der Waals surface area contributed by atoms with Gasteiger partial charge in [-0.15, -0.1) is 0 Å². The van der Waals surface area contributed by atoms with Crippen LogP contribution < -0.4 is 14.9 Å². The van der Waals surface area contributed by atoms with E-state index in [1.807, 2.05) is 0 Å². The predicted molar refractivity (Wildman–Crippen MR) is 133 cm³/mol. The fourth-order valence-electron chi connectivity index (χ4n) is 4.58. The molecule has 2 aromatic carbocycles. The number of phenols is 2. The molecule has 8 atom stereocenters. The number of phenolic OH excluding ortho intramolecular Hbond substituents is 2. The lowest BCUT2D eigenvalue weighted by Crippen LogP contribution is -2.60. The van der Waals surface area contributed by atoms with Crippen LogP contribution in [0.2, 0.25) is 0 Å². The van der Waals surface area contributed by atoms with Crippen LogP contribution in [-0.4, -0.2) is 105 Å². The van der Waals surface area contributed by atoms with Gasteiger partial charge in [0.15, 0.2) is 18.2 Å². The highest BCUT2D eigenvalue weighted by atomic mass is 16.8. The number of aromatic hydroxyl groups is 2. The summed E-state index contributed by atoms with van der Waals surface area (Å²) in [7, 11) is 1.48. The van der Waals surface area contributed by atoms with Crippen LogP contribution >= 0.6 is 0 Å². The summed E-state index contributed by atoms with van der Waals surface area (Å²) in [6, 6.07) is 8.45. The molecule has 2 fully saturated rings. The predicted octanol–water partition coefficient (Wildman–Crippen LogP) is -0.839. The molecule has 0 amide bonds. The summed E-state index contributed by atoms with van der Waals surface area (Å²) >= 11 is 0. The van der Waals surface area contributed by atoms with E-state index in [0.717, 1.165) is 12.1 Å². The highest BCUT2D eigenvalue weighted by molar-refractivity contribution is 5.88. The van der Waals surface area contributed by atoms with Crippen LogP contribution in [0, 0.1) is 0 Å². The summed E-state index contributed by atoms with van der Waals surface area (Å²) in [5.74, 6) is -0.948. The van der Waals surface area contributed by atoms with E-state index in [4.69, 9.17) is 28.1 Å². The molecule has 14 heteroatoms. The zero-order valence-corrected chi connectivity index (χ0v) is 21.0. The molecule has 14 nitrogen and oxygen atoms in total. The van der Waals surface area contributed by atoms with Crippen LogP contribution in [0.3, 0.4) is 0 Å². The van der Waals surface area contributed by atoms with Crippen molar-refractivity contribution < 1.29 is 63.8 Å². The van der Waals surface area contributed by atoms with Crippen molar-refractivity contribution >= 4 is 11.0 Å². The summed E-state index contributed by atoms with van der Waals surface area (Å²) in [6.45, 7) is -1.01. The number of rotatable bonds is 7. The molecular weight excluding hydrogens is 536 g/mol. The first-order valence-electron chi connectivity index (χ1n) is 12.2. The van der Waals surface area contributed by atoms with Gasteiger partial charge in [-0.05, 0) is 24.3 Å². The van der Waals surface area contributed by atoms with E-state index >= 15 is 0 Å². The van der Waals surface area contributed by atoms with Gasteiger partial charge >= 0.3 is 0 Å². The topological polar surface area (TPSA) is 218 Å². The van der Waals surface area contributed by atoms with Crippen LogP contribution in [0.5, 0.6) is 23.0 Å². The van der Waals surface area contributed by atoms with Gasteiger partial charge in [-0.1, -0.05) is 0 Å². The Morgan fingerprint density at radius 3 is 2.38 bits per heavy atom. The lowest BCUT2D eigenvalue weighted by molar-refractivity contribution is -0.323. The fraction of sp³-hybridized carbons (Fsp3) is 0.423. The van der Waals surface area contributed by atoms with Crippen LogP contribution in [0.25, 0.3) is 22.3 Å². The Balaban J connectivity index is 1.52. The van der Waals surface area contributed by atoms with Crippen molar-refractivity contribution in [2.75, 3.05) is 20.3 Å². The van der Waals surface area contributed by atoms with E-state index in [-0.39, 0.29) is 29.1 Å². The number of aliphatic hydroxyl groups excluding tert-OH is 5. The molecule has 0 radical (unpaired) electrons. The zero-order chi connectivity index (χ0) is 28.7. The maximum atomic E-state index is 13.6. The van der Waals surface area contributed by atoms with Gasteiger partial charge < -0.3 is 63.8 Å². The van der Waals surface area contributed by atoms with Crippen molar-refractivity contribution in [2.24, 2.45) is 0 Å². The Hall–Kier alpha value is -3.47. The van der Waals surface area contributed by atoms with Gasteiger partial charge in [0.1, 0.15) is 58.7 Å². The van der Waals surface area contributed by atoms with E-state index in [0.29, 0.717) is 11.3 Å². The number of methoxy groups -OCH3 is 1. The van der Waals surface area contributed by atoms with Gasteiger partial charge in [-0.2, -0.15) is 0 Å². The van der Waals surface area contributed by atoms with Crippen molar-refractivity contribution in [1.29, 1.82) is 0 Å². The molecule has 2 aliphatic heterocycles. The van der Waals surface area contributed by atoms with Crippen LogP contribution in [0.4, 0.5) is 0 Å². The smallest absolute Gasteiger partial charge is 0.239 e. The van der Waals surface area contributed by atoms with Gasteiger partial charge in [0, 0.05) is 17.7 Å². The highest BCUT2D eigenvalue weighted by Gasteiger charge is 2.49. The Morgan fingerprint density at radius 1 is 0.975 bits per heavy atom. The first-order valence-corrected chi connectivity index (χ1v) is 12.2. The first kappa shape index (κ1) is 28.1. The summed E-state index contributed by atoms with van der Waals surface area (Å²) in [4.78, 5) is 13.6. The first-order chi connectivity index (χ1) is 19.1. The maximum absolute atomic E-state index is 13.6. The number of fused-ring (bicyclic) bond motifs is 1. The third-order valence-electron chi connectivity index (χ3n) is 6.72. The minimum absolute atomic E-state index is 0.110. The average Bonchev–Trinajstić information content (AvgIpc) is 3.28. The summed E-state index contributed by atoms with van der Waals surface area (Å²) in [5, 5.41) is 70.5. The molecule has 3 aromatic rings. The van der Waals surface area contributed by atoms with E-state index in [2.05, 4.69) is 0 Å². The largest absolute Gasteiger partial charge is 0.508 e. The molecule has 40 heavy (non-hydrogen) atoms. The standard InChI is InChI=1S/C26H28O14/c1-35-12-4-2-10(3-5-12)22-24(19(32)17-13(29)6-11(28)7-15(17)37-22)40-26-23(14(30)9-36-26)39-25-21(34)20(33)18(31)16(8-27)38-25/h2-7,14,16,18,20-21,23,25-31,33-34H,8-9H2,1H3. The molecule has 3 heterocycles. The maximum Gasteiger partial charge on any atom is 0.239 e. The zero-order valence-electron chi connectivity index (χ0n) is 21.0. The molecule has 0 aliphatic carbocycles. The highest BCUT2D eigenvalue weighted by Crippen LogP contribution is 2.38. The number of ether oxygens (including phenoxy) is 5. The third-order valence-corrected chi connectivity index (χ3v) is 6.72. The number of benzene rings is 2. The second-order valence-electron chi connectivity index (χ2n) is 9.34. The molecule has 2 saturated heterocycles. The Morgan fingerprint density at radius 2 is 1.70 bits per heavy atom. The van der Waals surface area contributed by atoms with Crippen LogP contribution in [-0.2, 0) is 14.2 Å². The number of hydrogen-bond acceptors (Lipinski definition) is 14. The van der Waals surface area contributed by atoms with E-state index in [9.17, 15) is 40.5 Å². The molecular formula is C26H28O14. The summed E-state index contributed by atoms with van der Waals surface area (Å²) in [5.41, 5.74) is -0.620. The monoisotopic (exact) mass is 564 g/mol. The summed E-state index contributed by atoms with van der Waals surface area (Å²) in [6.07, 6.45) is -12.2. The van der Waals surface area contributed by atoms with Gasteiger partial charge in [-0.3, -0.25) is 4.79 Å². The van der Waals surface area contributed by atoms with Crippen molar-refractivity contribution in [3.8, 4) is 34.3 Å². The lowest BCUT2D eigenvalue weighted by atomic mass is 9.99. The quantitative estimate of drug-likeness (QED) is 0.186. The Labute approximate surface area is 225 Å². The SMILES string of the molecule is COc1ccc(-c2oc3cc(O)cc(O)c3c(=O)c2OC2OCC(O)C2OC2OC(CO)C(O)C(O)C2O)cc1. The second kappa shape index (κ2) is 11.2. The molecule has 2 aliphatic rings. The molecule has 7 N–H and O–H groups in total. The molecule has 1 aromatic heterocycles. The molecule has 8 unspecified atom stereocenters. The fourth-order valence-corrected chi connectivity index (χ4v) is 4.58. The van der Waals surface area contributed by atoms with E-state index < -0.39 is 72.7 Å². The average molecular weight is 564 g/mol. The van der Waals surface area contributed by atoms with Crippen molar-refractivity contribution in [2.45, 2.75) is 49.2 Å². The molecule has 0 bridgehead atoms. The summed E-state index contributed by atoms with van der Waals surface area (Å²) < 4.78 is 33.5. The normalized spacial score (nSPS) is 30.4. The van der Waals surface area contributed by atoms with E-state index in [1.54, 1.807) is 24.3 Å². The lowest BCUT2D eigenvalue weighted by Gasteiger charge is -2.41. The molecule has 0 spiro atoms. The minimum Gasteiger partial charge on any atom is -0.508 e. The van der Waals surface area contributed by atoms with Crippen molar-refractivity contribution in [3.05, 3.63) is 46.6 Å². The van der Waals surface area contributed by atoms with Gasteiger partial charge in [0.25, 0.3) is 0 Å². The van der Waals surface area contributed by atoms with Crippen LogP contribution in [0.15, 0.2) is 45.6 Å². The van der Waals surface area contributed by atoms with E-state index in [1.165, 1.54) is 7.11 Å². The molecule has 216 valence electrons.